The molecule has 0 atom stereocenters. The number of aryl methyl sites for hydroxylation is 2. The number of methoxy groups -OCH3 is 1. The van der Waals surface area contributed by atoms with Gasteiger partial charge in [-0.2, -0.15) is 0 Å². The lowest BCUT2D eigenvalue weighted by atomic mass is 10.1. The first kappa shape index (κ1) is 13.3. The molecule has 2 aromatic carbocycles. The first-order chi connectivity index (χ1) is 10.3. The molecule has 0 aliphatic rings. The SMILES string of the molecule is COC(=O)c1cccc2nnn(CCc3ccccc3)c12. The topological polar surface area (TPSA) is 57.0 Å². The van der Waals surface area contributed by atoms with Crippen LogP contribution in [0.2, 0.25) is 0 Å². The minimum atomic E-state index is -0.371. The molecule has 21 heavy (non-hydrogen) atoms. The summed E-state index contributed by atoms with van der Waals surface area (Å²) >= 11 is 0. The Morgan fingerprint density at radius 2 is 1.95 bits per heavy atom. The molecule has 106 valence electrons. The first-order valence-electron chi connectivity index (χ1n) is 6.74. The van der Waals surface area contributed by atoms with E-state index in [-0.39, 0.29) is 5.97 Å². The number of nitrogens with zero attached hydrogens (tertiary/aromatic N) is 3. The van der Waals surface area contributed by atoms with Crippen molar-refractivity contribution < 1.29 is 9.53 Å². The van der Waals surface area contributed by atoms with Gasteiger partial charge in [0.1, 0.15) is 11.0 Å². The molecule has 0 spiro atoms. The van der Waals surface area contributed by atoms with Crippen molar-refractivity contribution in [1.29, 1.82) is 0 Å². The number of aromatic nitrogens is 3. The highest BCUT2D eigenvalue weighted by atomic mass is 16.5. The van der Waals surface area contributed by atoms with Crippen molar-refractivity contribution in [2.75, 3.05) is 7.11 Å². The number of carbonyl (C=O) groups excluding carboxylic acids is 1. The lowest BCUT2D eigenvalue weighted by Gasteiger charge is -2.06. The zero-order valence-electron chi connectivity index (χ0n) is 11.7. The van der Waals surface area contributed by atoms with Crippen molar-refractivity contribution in [3.05, 3.63) is 59.7 Å². The Labute approximate surface area is 122 Å². The molecule has 3 aromatic rings. The molecule has 1 heterocycles. The van der Waals surface area contributed by atoms with Crippen LogP contribution in [0.1, 0.15) is 15.9 Å². The van der Waals surface area contributed by atoms with E-state index in [9.17, 15) is 4.79 Å². The Balaban J connectivity index is 1.94. The van der Waals surface area contributed by atoms with Crippen molar-refractivity contribution >= 4 is 17.0 Å². The fraction of sp³-hybridized carbons (Fsp3) is 0.188. The van der Waals surface area contributed by atoms with E-state index < -0.39 is 0 Å². The molecule has 0 amide bonds. The molecule has 0 radical (unpaired) electrons. The third-order valence-electron chi connectivity index (χ3n) is 3.39. The number of rotatable bonds is 4. The Kier molecular flexibility index (Phi) is 3.64. The maximum Gasteiger partial charge on any atom is 0.340 e. The quantitative estimate of drug-likeness (QED) is 0.689. The maximum absolute atomic E-state index is 11.9. The lowest BCUT2D eigenvalue weighted by molar-refractivity contribution is 0.0602. The van der Waals surface area contributed by atoms with Crippen LogP contribution in [0, 0.1) is 0 Å². The molecule has 0 saturated heterocycles. The van der Waals surface area contributed by atoms with Crippen molar-refractivity contribution in [3.63, 3.8) is 0 Å². The molecule has 3 rings (SSSR count). The standard InChI is InChI=1S/C16H15N3O2/c1-21-16(20)13-8-5-9-14-15(13)19(18-17-14)11-10-12-6-3-2-4-7-12/h2-9H,10-11H2,1H3. The molecular weight excluding hydrogens is 266 g/mol. The molecule has 0 aliphatic carbocycles. The van der Waals surface area contributed by atoms with Crippen molar-refractivity contribution in [2.24, 2.45) is 0 Å². The second-order valence-electron chi connectivity index (χ2n) is 4.71. The summed E-state index contributed by atoms with van der Waals surface area (Å²) in [6.07, 6.45) is 0.828. The van der Waals surface area contributed by atoms with E-state index in [0.717, 1.165) is 11.9 Å². The third kappa shape index (κ3) is 2.63. The number of esters is 1. The second-order valence-corrected chi connectivity index (χ2v) is 4.71. The summed E-state index contributed by atoms with van der Waals surface area (Å²) in [5.74, 6) is -0.371. The van der Waals surface area contributed by atoms with Gasteiger partial charge in [-0.25, -0.2) is 9.48 Å². The molecule has 1 aromatic heterocycles. The number of ether oxygens (including phenoxy) is 1. The number of hydrogen-bond acceptors (Lipinski definition) is 4. The summed E-state index contributed by atoms with van der Waals surface area (Å²) in [5, 5.41) is 8.26. The van der Waals surface area contributed by atoms with Crippen LogP contribution in [0.25, 0.3) is 11.0 Å². The van der Waals surface area contributed by atoms with Crippen LogP contribution >= 0.6 is 0 Å². The summed E-state index contributed by atoms with van der Waals surface area (Å²) in [5.41, 5.74) is 3.14. The van der Waals surface area contributed by atoms with Crippen LogP contribution in [-0.2, 0) is 17.7 Å². The van der Waals surface area contributed by atoms with E-state index >= 15 is 0 Å². The minimum Gasteiger partial charge on any atom is -0.465 e. The van der Waals surface area contributed by atoms with E-state index in [4.69, 9.17) is 4.74 Å². The largest absolute Gasteiger partial charge is 0.465 e. The van der Waals surface area contributed by atoms with E-state index in [1.165, 1.54) is 12.7 Å². The molecule has 5 nitrogen and oxygen atoms in total. The summed E-state index contributed by atoms with van der Waals surface area (Å²) < 4.78 is 6.58. The average Bonchev–Trinajstić information content (AvgIpc) is 2.96. The monoisotopic (exact) mass is 281 g/mol. The van der Waals surface area contributed by atoms with Crippen molar-refractivity contribution in [3.8, 4) is 0 Å². The number of benzene rings is 2. The normalized spacial score (nSPS) is 10.7. The van der Waals surface area contributed by atoms with E-state index in [0.29, 0.717) is 17.6 Å². The summed E-state index contributed by atoms with van der Waals surface area (Å²) in [6.45, 7) is 0.661. The number of hydrogen-bond donors (Lipinski definition) is 0. The first-order valence-corrected chi connectivity index (χ1v) is 6.74. The molecule has 5 heteroatoms. The van der Waals surface area contributed by atoms with Crippen LogP contribution < -0.4 is 0 Å². The van der Waals surface area contributed by atoms with Gasteiger partial charge < -0.3 is 4.74 Å². The van der Waals surface area contributed by atoms with Crippen LogP contribution in [0.4, 0.5) is 0 Å². The summed E-state index contributed by atoms with van der Waals surface area (Å²) in [7, 11) is 1.37. The fourth-order valence-electron chi connectivity index (χ4n) is 2.34. The fourth-order valence-corrected chi connectivity index (χ4v) is 2.34. The highest BCUT2D eigenvalue weighted by Gasteiger charge is 2.15. The zero-order chi connectivity index (χ0) is 14.7. The Hall–Kier alpha value is -2.69. The molecule has 0 fully saturated rings. The maximum atomic E-state index is 11.9. The van der Waals surface area contributed by atoms with Gasteiger partial charge in [-0.1, -0.05) is 41.6 Å². The van der Waals surface area contributed by atoms with Crippen LogP contribution in [0.15, 0.2) is 48.5 Å². The molecule has 0 unspecified atom stereocenters. The molecule has 0 N–H and O–H groups in total. The average molecular weight is 281 g/mol. The Bertz CT molecular complexity index is 766. The summed E-state index contributed by atoms with van der Waals surface area (Å²) in [4.78, 5) is 11.9. The lowest BCUT2D eigenvalue weighted by Crippen LogP contribution is -2.08. The molecule has 0 saturated carbocycles. The van der Waals surface area contributed by atoms with Gasteiger partial charge in [0.25, 0.3) is 0 Å². The van der Waals surface area contributed by atoms with E-state index in [1.54, 1.807) is 16.8 Å². The molecule has 0 aliphatic heterocycles. The molecule has 0 bridgehead atoms. The van der Waals surface area contributed by atoms with Gasteiger partial charge in [0.05, 0.1) is 12.7 Å². The van der Waals surface area contributed by atoms with Gasteiger partial charge in [-0.05, 0) is 24.1 Å². The van der Waals surface area contributed by atoms with Crippen LogP contribution in [-0.4, -0.2) is 28.1 Å². The van der Waals surface area contributed by atoms with Gasteiger partial charge in [-0.15, -0.1) is 5.10 Å². The van der Waals surface area contributed by atoms with E-state index in [2.05, 4.69) is 22.4 Å². The predicted octanol–water partition coefficient (Wildman–Crippen LogP) is 2.46. The number of carbonyl (C=O) groups is 1. The second kappa shape index (κ2) is 5.75. The van der Waals surface area contributed by atoms with Crippen LogP contribution in [0.3, 0.4) is 0 Å². The van der Waals surface area contributed by atoms with Gasteiger partial charge in [0, 0.05) is 6.54 Å². The smallest absolute Gasteiger partial charge is 0.340 e. The van der Waals surface area contributed by atoms with Gasteiger partial charge in [-0.3, -0.25) is 0 Å². The third-order valence-corrected chi connectivity index (χ3v) is 3.39. The van der Waals surface area contributed by atoms with Gasteiger partial charge in [0.2, 0.25) is 0 Å². The zero-order valence-corrected chi connectivity index (χ0v) is 11.7. The Morgan fingerprint density at radius 1 is 1.14 bits per heavy atom. The van der Waals surface area contributed by atoms with Crippen molar-refractivity contribution in [1.82, 2.24) is 15.0 Å². The van der Waals surface area contributed by atoms with Crippen LogP contribution in [0.5, 0.6) is 0 Å². The summed E-state index contributed by atoms with van der Waals surface area (Å²) in [6, 6.07) is 15.5. The number of fused-ring (bicyclic) bond motifs is 1. The Morgan fingerprint density at radius 3 is 2.71 bits per heavy atom. The minimum absolute atomic E-state index is 0.371. The van der Waals surface area contributed by atoms with E-state index in [1.807, 2.05) is 24.3 Å². The van der Waals surface area contributed by atoms with Crippen molar-refractivity contribution in [2.45, 2.75) is 13.0 Å². The highest BCUT2D eigenvalue weighted by molar-refractivity contribution is 6.01. The van der Waals surface area contributed by atoms with Gasteiger partial charge >= 0.3 is 5.97 Å². The highest BCUT2D eigenvalue weighted by Crippen LogP contribution is 2.18. The van der Waals surface area contributed by atoms with Gasteiger partial charge in [0.15, 0.2) is 0 Å². The number of para-hydroxylation sites is 1. The predicted molar refractivity (Wildman–Crippen MR) is 79.0 cm³/mol. The molecular formula is C16H15N3O2.